The smallest absolute Gasteiger partial charge is 0.291 e. The van der Waals surface area contributed by atoms with Gasteiger partial charge in [-0.1, -0.05) is 107 Å². The van der Waals surface area contributed by atoms with Gasteiger partial charge in [-0.15, -0.1) is 0 Å². The van der Waals surface area contributed by atoms with Crippen molar-refractivity contribution in [1.82, 2.24) is 4.90 Å². The maximum Gasteiger partial charge on any atom is 0.291 e. The number of rotatable bonds is 8. The van der Waals surface area contributed by atoms with Crippen LogP contribution >= 0.6 is 23.5 Å². The van der Waals surface area contributed by atoms with E-state index in [9.17, 15) is 34.2 Å². The minimum Gasteiger partial charge on any atom is -0.390 e. The van der Waals surface area contributed by atoms with Gasteiger partial charge in [0.2, 0.25) is 16.0 Å². The summed E-state index contributed by atoms with van der Waals surface area (Å²) in [5, 5.41) is 22.7. The molecule has 6 rings (SSSR count). The summed E-state index contributed by atoms with van der Waals surface area (Å²) in [6, 6.07) is 9.58. The third-order valence-electron chi connectivity index (χ3n) is 14.4. The number of Topliss-reactive ketones (excluding diaryl/α,β-unsaturated/α-hetero) is 1. The zero-order chi connectivity index (χ0) is 40.1. The van der Waals surface area contributed by atoms with E-state index in [1.807, 2.05) is 58.0 Å². The number of thioether (sulfide) groups is 2. The van der Waals surface area contributed by atoms with Gasteiger partial charge in [0.05, 0.1) is 6.10 Å². The molecule has 2 N–H and O–H groups in total. The molecule has 54 heavy (non-hydrogen) atoms. The molecule has 1 aliphatic heterocycles. The van der Waals surface area contributed by atoms with Crippen molar-refractivity contribution >= 4 is 51.2 Å². The van der Waals surface area contributed by atoms with Crippen LogP contribution in [0, 0.1) is 33.5 Å². The number of hydrogen-bond acceptors (Lipinski definition) is 9. The lowest BCUT2D eigenvalue weighted by Gasteiger charge is -2.66. The van der Waals surface area contributed by atoms with Crippen molar-refractivity contribution in [2.24, 2.45) is 33.5 Å². The van der Waals surface area contributed by atoms with Crippen LogP contribution in [0.3, 0.4) is 0 Å². The van der Waals surface area contributed by atoms with E-state index in [1.165, 1.54) is 34.4 Å². The van der Waals surface area contributed by atoms with E-state index < -0.39 is 56.9 Å². The number of carbonyl (C=O) groups is 5. The molecule has 9 atom stereocenters. The van der Waals surface area contributed by atoms with Crippen LogP contribution in [0.5, 0.6) is 0 Å². The van der Waals surface area contributed by atoms with Crippen LogP contribution in [0.2, 0.25) is 0 Å². The Morgan fingerprint density at radius 3 is 2.35 bits per heavy atom. The highest BCUT2D eigenvalue weighted by Crippen LogP contribution is 2.76. The van der Waals surface area contributed by atoms with Gasteiger partial charge in [0.1, 0.15) is 11.6 Å². The summed E-state index contributed by atoms with van der Waals surface area (Å²) in [6.45, 7) is 13.5. The molecule has 1 aromatic carbocycles. The molecule has 1 aromatic rings. The molecule has 1 amide bonds. The zero-order valence-electron chi connectivity index (χ0n) is 33.1. The second-order valence-electron chi connectivity index (χ2n) is 17.4. The molecule has 2 unspecified atom stereocenters. The number of benzene rings is 1. The van der Waals surface area contributed by atoms with Crippen molar-refractivity contribution in [3.63, 3.8) is 0 Å². The van der Waals surface area contributed by atoms with Gasteiger partial charge in [0.15, 0.2) is 11.5 Å². The quantitative estimate of drug-likeness (QED) is 0.266. The van der Waals surface area contributed by atoms with Crippen molar-refractivity contribution in [1.29, 1.82) is 0 Å². The summed E-state index contributed by atoms with van der Waals surface area (Å²) < 4.78 is 17.1. The molecule has 0 spiro atoms. The molecule has 4 fully saturated rings. The van der Waals surface area contributed by atoms with Crippen molar-refractivity contribution in [2.45, 2.75) is 123 Å². The molecule has 3 saturated carbocycles. The Labute approximate surface area is 328 Å². The fourth-order valence-corrected chi connectivity index (χ4v) is 12.2. The monoisotopic (exact) mass is 783 g/mol. The lowest BCUT2D eigenvalue weighted by Crippen LogP contribution is -2.72. The maximum absolute atomic E-state index is 17.1. The summed E-state index contributed by atoms with van der Waals surface area (Å²) in [5.74, 6) is -1.20. The van der Waals surface area contributed by atoms with E-state index >= 15 is 4.39 Å². The summed E-state index contributed by atoms with van der Waals surface area (Å²) in [5.41, 5.74) is -4.99. The number of halogens is 1. The second kappa shape index (κ2) is 15.4. The number of alkyl halides is 1. The maximum atomic E-state index is 17.1. The molecule has 11 heteroatoms. The number of nitrogens with zero attached hydrogens (tertiary/aromatic N) is 1. The molecule has 0 bridgehead atoms. The van der Waals surface area contributed by atoms with Crippen molar-refractivity contribution < 1.29 is 38.6 Å². The summed E-state index contributed by atoms with van der Waals surface area (Å²) >= 11 is 2.27. The average Bonchev–Trinajstić information content (AvgIpc) is 3.69. The minimum absolute atomic E-state index is 0.00360. The van der Waals surface area contributed by atoms with Crippen molar-refractivity contribution in [3.8, 4) is 0 Å². The van der Waals surface area contributed by atoms with Crippen LogP contribution in [-0.4, -0.2) is 84.8 Å². The van der Waals surface area contributed by atoms with Gasteiger partial charge in [-0.05, 0) is 93.6 Å². The van der Waals surface area contributed by atoms with Crippen LogP contribution in [0.4, 0.5) is 4.39 Å². The Morgan fingerprint density at radius 2 is 1.72 bits per heavy atom. The molecule has 296 valence electrons. The highest BCUT2D eigenvalue weighted by atomic mass is 32.2. The zero-order valence-corrected chi connectivity index (χ0v) is 34.7. The Morgan fingerprint density at radius 1 is 1.06 bits per heavy atom. The number of hydrogen-bond donors (Lipinski definition) is 2. The topological polar surface area (TPSA) is 129 Å². The lowest BCUT2D eigenvalue weighted by atomic mass is 9.40. The molecule has 8 nitrogen and oxygen atoms in total. The summed E-state index contributed by atoms with van der Waals surface area (Å²) in [7, 11) is 0. The lowest BCUT2D eigenvalue weighted by molar-refractivity contribution is -0.245. The minimum atomic E-state index is -1.96. The van der Waals surface area contributed by atoms with Gasteiger partial charge in [-0.3, -0.25) is 24.0 Å². The molecule has 0 radical (unpaired) electrons. The van der Waals surface area contributed by atoms with Crippen LogP contribution in [0.25, 0.3) is 0 Å². The number of allylic oxidation sites excluding steroid dienone is 4. The Kier molecular flexibility index (Phi) is 12.1. The van der Waals surface area contributed by atoms with Crippen molar-refractivity contribution in [3.05, 3.63) is 59.7 Å². The van der Waals surface area contributed by atoms with E-state index in [4.69, 9.17) is 0 Å². The fourth-order valence-electron chi connectivity index (χ4n) is 10.5. The predicted molar refractivity (Wildman–Crippen MR) is 212 cm³/mol. The van der Waals surface area contributed by atoms with E-state index in [-0.39, 0.29) is 34.1 Å². The number of likely N-dealkylation sites (tertiary alicyclic amines) is 1. The fraction of sp³-hybridized carbons (Fsp3) is 0.651. The summed E-state index contributed by atoms with van der Waals surface area (Å²) in [4.78, 5) is 63.9. The normalized spacial score (nSPS) is 37.0. The van der Waals surface area contributed by atoms with Gasteiger partial charge >= 0.3 is 0 Å². The van der Waals surface area contributed by atoms with Gasteiger partial charge in [0.25, 0.3) is 5.91 Å². The number of aryl methyl sites for hydroxylation is 1. The van der Waals surface area contributed by atoms with Gasteiger partial charge in [-0.2, -0.15) is 0 Å². The van der Waals surface area contributed by atoms with Crippen LogP contribution < -0.4 is 0 Å². The molecule has 0 aromatic heterocycles. The average molecular weight is 784 g/mol. The van der Waals surface area contributed by atoms with E-state index in [0.29, 0.717) is 44.4 Å². The first kappa shape index (κ1) is 42.5. The Hall–Kier alpha value is -2.60. The molecule has 1 saturated heterocycles. The first-order valence-corrected chi connectivity index (χ1v) is 21.6. The highest BCUT2D eigenvalue weighted by Gasteiger charge is 2.79. The number of carbonyl (C=O) groups excluding carboxylic acids is 5. The predicted octanol–water partition coefficient (Wildman–Crippen LogP) is 7.10. The number of aliphatic hydroxyl groups excluding tert-OH is 1. The SMILES string of the molecule is CCC(C)(C)C(=O)C(=O)N1CCCC1C(=O)SCCc1ccccc1.CSC(=O)[C@@]1(O)[C@@H](C)C[C@@]2(C)C3CCC4=CC(=O)C=C[C@]4(C)[C@@]3(F)[C@@H](O)C[C@@]21C. The largest absolute Gasteiger partial charge is 0.390 e. The standard InChI is InChI=1S/C23H31FO4S.C20H27NO3S/c1-13-11-20(3)16-7-6-14-10-15(25)8-9-19(14,2)22(16,24)17(26)12-21(20,4)23(13,28)18(27)29-5;1-4-20(2,3)17(22)18(23)21-13-8-11-16(21)19(24)25-14-12-15-9-6-5-7-10-15/h8-10,13,16-17,26,28H,6-7,11-12H2,1-5H3;5-7,9-10,16H,4,8,11-14H2,1-3H3/t13-,16?,17-,19-,20-,21-,22-,23-;/m0./s1. The van der Waals surface area contributed by atoms with Gasteiger partial charge in [0, 0.05) is 34.5 Å². The van der Waals surface area contributed by atoms with Crippen LogP contribution in [-0.2, 0) is 30.4 Å². The molecular weight excluding hydrogens is 726 g/mol. The molecule has 5 aliphatic rings. The van der Waals surface area contributed by atoms with E-state index in [2.05, 4.69) is 0 Å². The number of fused-ring (bicyclic) bond motifs is 5. The molecule has 1 heterocycles. The number of aliphatic hydroxyl groups is 2. The van der Waals surface area contributed by atoms with Gasteiger partial charge < -0.3 is 15.1 Å². The van der Waals surface area contributed by atoms with Crippen molar-refractivity contribution in [2.75, 3.05) is 18.6 Å². The number of ketones is 2. The Balaban J connectivity index is 0.000000210. The Bertz CT molecular complexity index is 1730. The first-order valence-electron chi connectivity index (χ1n) is 19.4. The third-order valence-corrected chi connectivity index (χ3v) is 16.1. The summed E-state index contributed by atoms with van der Waals surface area (Å²) in [6.07, 6.45) is 9.32. The molecular formula is C43H58FNO7S2. The van der Waals surface area contributed by atoms with Gasteiger partial charge in [-0.25, -0.2) is 4.39 Å². The second-order valence-corrected chi connectivity index (χ2v) is 19.3. The van der Waals surface area contributed by atoms with Crippen LogP contribution in [0.1, 0.15) is 99.0 Å². The molecule has 4 aliphatic carbocycles. The van der Waals surface area contributed by atoms with E-state index in [1.54, 1.807) is 33.1 Å². The highest BCUT2D eigenvalue weighted by molar-refractivity contribution is 8.13. The van der Waals surface area contributed by atoms with Crippen LogP contribution in [0.15, 0.2) is 54.1 Å². The van der Waals surface area contributed by atoms with E-state index in [0.717, 1.165) is 30.2 Å². The number of amides is 1. The first-order chi connectivity index (χ1) is 25.2. The third kappa shape index (κ3) is 6.60.